The molecule has 0 atom stereocenters. The predicted octanol–water partition coefficient (Wildman–Crippen LogP) is 3.98. The number of amides is 1. The van der Waals surface area contributed by atoms with Gasteiger partial charge in [-0.15, -0.1) is 0 Å². The van der Waals surface area contributed by atoms with E-state index in [0.29, 0.717) is 17.7 Å². The molecule has 3 aromatic rings. The van der Waals surface area contributed by atoms with Crippen molar-refractivity contribution in [3.8, 4) is 5.75 Å². The number of nitrogens with zero attached hydrogens (tertiary/aromatic N) is 1. The summed E-state index contributed by atoms with van der Waals surface area (Å²) >= 11 is 0. The Labute approximate surface area is 164 Å². The number of fused-ring (bicyclic) bond motifs is 1. The zero-order valence-electron chi connectivity index (χ0n) is 16.6. The summed E-state index contributed by atoms with van der Waals surface area (Å²) in [7, 11) is 3.10. The molecule has 0 radical (unpaired) electrons. The van der Waals surface area contributed by atoms with Gasteiger partial charge in [0.2, 0.25) is 0 Å². The molecule has 1 heterocycles. The van der Waals surface area contributed by atoms with Crippen LogP contribution in [-0.4, -0.2) is 31.3 Å². The van der Waals surface area contributed by atoms with Crippen molar-refractivity contribution in [3.05, 3.63) is 64.6 Å². The lowest BCUT2D eigenvalue weighted by atomic mass is 10.1. The molecule has 1 N–H and O–H groups in total. The van der Waals surface area contributed by atoms with E-state index in [1.165, 1.54) is 18.9 Å². The van der Waals surface area contributed by atoms with Crippen molar-refractivity contribution in [1.82, 2.24) is 9.88 Å². The molecule has 0 fully saturated rings. The molecule has 148 valence electrons. The molecule has 0 bridgehead atoms. The van der Waals surface area contributed by atoms with Crippen LogP contribution in [0, 0.1) is 19.7 Å². The maximum absolute atomic E-state index is 13.8. The van der Waals surface area contributed by atoms with Gasteiger partial charge >= 0.3 is 0 Å². The second-order valence-electron chi connectivity index (χ2n) is 6.74. The molecule has 0 unspecified atom stereocenters. The minimum absolute atomic E-state index is 0.185. The summed E-state index contributed by atoms with van der Waals surface area (Å²) in [6.45, 7) is 5.77. The van der Waals surface area contributed by atoms with Gasteiger partial charge in [-0.3, -0.25) is 4.79 Å². The molecule has 0 saturated heterocycles. The first-order valence-electron chi connectivity index (χ1n) is 9.15. The number of methoxy groups -OCH3 is 2. The Balaban J connectivity index is 1.78. The summed E-state index contributed by atoms with van der Waals surface area (Å²) in [6.07, 6.45) is 0. The van der Waals surface area contributed by atoms with E-state index < -0.39 is 5.82 Å². The van der Waals surface area contributed by atoms with Crippen LogP contribution in [-0.2, 0) is 17.8 Å². The van der Waals surface area contributed by atoms with Gasteiger partial charge < -0.3 is 19.4 Å². The molecule has 2 aromatic carbocycles. The van der Waals surface area contributed by atoms with Crippen LogP contribution in [0.1, 0.15) is 27.2 Å². The van der Waals surface area contributed by atoms with E-state index >= 15 is 0 Å². The Morgan fingerprint density at radius 3 is 2.61 bits per heavy atom. The van der Waals surface area contributed by atoms with Crippen LogP contribution in [0.4, 0.5) is 4.39 Å². The van der Waals surface area contributed by atoms with Crippen molar-refractivity contribution in [3.63, 3.8) is 0 Å². The zero-order chi connectivity index (χ0) is 20.3. The van der Waals surface area contributed by atoms with Gasteiger partial charge in [0.1, 0.15) is 0 Å². The monoisotopic (exact) mass is 384 g/mol. The summed E-state index contributed by atoms with van der Waals surface area (Å²) in [6, 6.07) is 10.3. The Kier molecular flexibility index (Phi) is 5.99. The van der Waals surface area contributed by atoms with Crippen molar-refractivity contribution >= 4 is 16.8 Å². The normalized spacial score (nSPS) is 11.0. The first-order chi connectivity index (χ1) is 13.5. The first-order valence-corrected chi connectivity index (χ1v) is 9.15. The lowest BCUT2D eigenvalue weighted by molar-refractivity contribution is 0.0951. The highest BCUT2D eigenvalue weighted by Crippen LogP contribution is 2.26. The largest absolute Gasteiger partial charge is 0.494 e. The first kappa shape index (κ1) is 19.9. The molecule has 6 heteroatoms. The van der Waals surface area contributed by atoms with Crippen LogP contribution < -0.4 is 10.1 Å². The topological polar surface area (TPSA) is 52.5 Å². The number of aromatic nitrogens is 1. The van der Waals surface area contributed by atoms with Gasteiger partial charge in [0.15, 0.2) is 11.6 Å². The standard InChI is InChI=1S/C22H25FN2O3/c1-14-15(2)25(9-10-27-3)20-7-6-17(12-18(14)20)22(26)24-13-16-5-8-21(28-4)19(23)11-16/h5-8,11-12H,9-10,13H2,1-4H3,(H,24,26). The molecule has 3 rings (SSSR count). The molecular weight excluding hydrogens is 359 g/mol. The third kappa shape index (κ3) is 3.87. The number of rotatable bonds is 7. The van der Waals surface area contributed by atoms with Crippen LogP contribution in [0.15, 0.2) is 36.4 Å². The second-order valence-corrected chi connectivity index (χ2v) is 6.74. The van der Waals surface area contributed by atoms with E-state index in [0.717, 1.165) is 23.0 Å². The zero-order valence-corrected chi connectivity index (χ0v) is 16.6. The van der Waals surface area contributed by atoms with E-state index in [2.05, 4.69) is 23.7 Å². The molecule has 0 saturated carbocycles. The minimum atomic E-state index is -0.445. The number of hydrogen-bond donors (Lipinski definition) is 1. The quantitative estimate of drug-likeness (QED) is 0.670. The van der Waals surface area contributed by atoms with Crippen molar-refractivity contribution in [2.75, 3.05) is 20.8 Å². The van der Waals surface area contributed by atoms with Crippen LogP contribution in [0.3, 0.4) is 0 Å². The van der Waals surface area contributed by atoms with Gasteiger partial charge in [-0.1, -0.05) is 6.07 Å². The molecule has 0 spiro atoms. The average Bonchev–Trinajstić information content (AvgIpc) is 2.94. The number of hydrogen-bond acceptors (Lipinski definition) is 3. The Hall–Kier alpha value is -2.86. The summed E-state index contributed by atoms with van der Waals surface area (Å²) in [4.78, 5) is 12.6. The smallest absolute Gasteiger partial charge is 0.251 e. The summed E-state index contributed by atoms with van der Waals surface area (Å²) in [5, 5.41) is 3.90. The fourth-order valence-corrected chi connectivity index (χ4v) is 3.37. The highest BCUT2D eigenvalue weighted by Gasteiger charge is 2.14. The summed E-state index contributed by atoms with van der Waals surface area (Å²) in [5.74, 6) is -0.455. The van der Waals surface area contributed by atoms with Crippen molar-refractivity contribution in [2.24, 2.45) is 0 Å². The fraction of sp³-hybridized carbons (Fsp3) is 0.318. The highest BCUT2D eigenvalue weighted by atomic mass is 19.1. The molecule has 1 aromatic heterocycles. The number of benzene rings is 2. The van der Waals surface area contributed by atoms with Crippen LogP contribution >= 0.6 is 0 Å². The maximum Gasteiger partial charge on any atom is 0.251 e. The van der Waals surface area contributed by atoms with Crippen molar-refractivity contribution < 1.29 is 18.7 Å². The van der Waals surface area contributed by atoms with Crippen LogP contribution in [0.25, 0.3) is 10.9 Å². The maximum atomic E-state index is 13.8. The number of nitrogens with one attached hydrogen (secondary N) is 1. The minimum Gasteiger partial charge on any atom is -0.494 e. The van der Waals surface area contributed by atoms with Gasteiger partial charge in [-0.05, 0) is 55.3 Å². The number of carbonyl (C=O) groups is 1. The number of carbonyl (C=O) groups excluding carboxylic acids is 1. The molecule has 0 aliphatic carbocycles. The lowest BCUT2D eigenvalue weighted by Gasteiger charge is -2.09. The predicted molar refractivity (Wildman–Crippen MR) is 107 cm³/mol. The Morgan fingerprint density at radius 1 is 1.14 bits per heavy atom. The van der Waals surface area contributed by atoms with Gasteiger partial charge in [-0.25, -0.2) is 4.39 Å². The third-order valence-electron chi connectivity index (χ3n) is 5.09. The third-order valence-corrected chi connectivity index (χ3v) is 5.09. The van der Waals surface area contributed by atoms with Crippen molar-refractivity contribution in [2.45, 2.75) is 26.9 Å². The molecule has 1 amide bonds. The lowest BCUT2D eigenvalue weighted by Crippen LogP contribution is -2.22. The highest BCUT2D eigenvalue weighted by molar-refractivity contribution is 5.99. The van der Waals surface area contributed by atoms with Gasteiger partial charge in [0, 0.05) is 42.4 Å². The number of halogens is 1. The van der Waals surface area contributed by atoms with E-state index in [4.69, 9.17) is 9.47 Å². The summed E-state index contributed by atoms with van der Waals surface area (Å²) in [5.41, 5.74) is 4.65. The Morgan fingerprint density at radius 2 is 1.93 bits per heavy atom. The number of ether oxygens (including phenoxy) is 2. The average molecular weight is 384 g/mol. The molecule has 0 aliphatic rings. The van der Waals surface area contributed by atoms with E-state index in [1.54, 1.807) is 19.2 Å². The van der Waals surface area contributed by atoms with Crippen molar-refractivity contribution in [1.29, 1.82) is 0 Å². The Bertz CT molecular complexity index is 1010. The molecule has 28 heavy (non-hydrogen) atoms. The number of aryl methyl sites for hydroxylation is 1. The molecule has 5 nitrogen and oxygen atoms in total. The van der Waals surface area contributed by atoms with Gasteiger partial charge in [0.05, 0.1) is 13.7 Å². The van der Waals surface area contributed by atoms with Gasteiger partial charge in [-0.2, -0.15) is 0 Å². The van der Waals surface area contributed by atoms with Gasteiger partial charge in [0.25, 0.3) is 5.91 Å². The molecule has 0 aliphatic heterocycles. The van der Waals surface area contributed by atoms with Crippen LogP contribution in [0.2, 0.25) is 0 Å². The fourth-order valence-electron chi connectivity index (χ4n) is 3.37. The second kappa shape index (κ2) is 8.44. The van der Waals surface area contributed by atoms with Crippen LogP contribution in [0.5, 0.6) is 5.75 Å². The van der Waals surface area contributed by atoms with E-state index in [1.807, 2.05) is 18.2 Å². The van der Waals surface area contributed by atoms with E-state index in [9.17, 15) is 9.18 Å². The summed E-state index contributed by atoms with van der Waals surface area (Å²) < 4.78 is 26.1. The SMILES string of the molecule is COCCn1c(C)c(C)c2cc(C(=O)NCc3ccc(OC)c(F)c3)ccc21. The molecular formula is C22H25FN2O3. The van der Waals surface area contributed by atoms with E-state index in [-0.39, 0.29) is 18.2 Å².